The highest BCUT2D eigenvalue weighted by molar-refractivity contribution is 5.50. The van der Waals surface area contributed by atoms with Crippen molar-refractivity contribution in [1.82, 2.24) is 9.55 Å². The van der Waals surface area contributed by atoms with Crippen LogP contribution in [0.1, 0.15) is 0 Å². The normalized spacial score (nSPS) is 10.1. The molecular weight excluding hydrogens is 220 g/mol. The van der Waals surface area contributed by atoms with E-state index in [0.29, 0.717) is 6.54 Å². The van der Waals surface area contributed by atoms with Gasteiger partial charge in [0.05, 0.1) is 11.3 Å². The summed E-state index contributed by atoms with van der Waals surface area (Å²) in [6.07, 6.45) is 5.32. The van der Waals surface area contributed by atoms with Gasteiger partial charge in [-0.2, -0.15) is 0 Å². The molecule has 0 saturated carbocycles. The number of nitrogens with zero attached hydrogens (tertiary/aromatic N) is 3. The number of nitrogens with one attached hydrogen (secondary N) is 1. The summed E-state index contributed by atoms with van der Waals surface area (Å²) in [7, 11) is 0. The molecule has 0 atom stereocenters. The predicted molar refractivity (Wildman–Crippen MR) is 63.8 cm³/mol. The summed E-state index contributed by atoms with van der Waals surface area (Å²) in [4.78, 5) is 14.1. The molecule has 0 spiro atoms. The molecule has 0 bridgehead atoms. The fraction of sp³-hybridized carbons (Fsp3) is 0.182. The molecule has 1 heterocycles. The van der Waals surface area contributed by atoms with Gasteiger partial charge < -0.3 is 9.88 Å². The van der Waals surface area contributed by atoms with E-state index in [1.165, 1.54) is 12.1 Å². The summed E-state index contributed by atoms with van der Waals surface area (Å²) < 4.78 is 1.93. The second kappa shape index (κ2) is 5.11. The monoisotopic (exact) mass is 232 g/mol. The number of nitro benzene ring substituents is 1. The third-order valence-electron chi connectivity index (χ3n) is 2.32. The van der Waals surface area contributed by atoms with Gasteiger partial charge in [-0.25, -0.2) is 4.98 Å². The number of non-ortho nitro benzene ring substituents is 1. The Morgan fingerprint density at radius 3 is 3.06 bits per heavy atom. The first kappa shape index (κ1) is 11.1. The Balaban J connectivity index is 1.90. The smallest absolute Gasteiger partial charge is 0.271 e. The molecule has 2 rings (SSSR count). The second-order valence-electron chi connectivity index (χ2n) is 3.53. The minimum Gasteiger partial charge on any atom is -0.383 e. The van der Waals surface area contributed by atoms with Gasteiger partial charge in [0.15, 0.2) is 0 Å². The van der Waals surface area contributed by atoms with Crippen LogP contribution < -0.4 is 5.32 Å². The van der Waals surface area contributed by atoms with Crippen LogP contribution in [-0.2, 0) is 6.54 Å². The van der Waals surface area contributed by atoms with Gasteiger partial charge in [-0.3, -0.25) is 10.1 Å². The Hall–Kier alpha value is -2.37. The number of hydrogen-bond donors (Lipinski definition) is 1. The molecule has 0 amide bonds. The highest BCUT2D eigenvalue weighted by atomic mass is 16.6. The van der Waals surface area contributed by atoms with Crippen molar-refractivity contribution in [1.29, 1.82) is 0 Å². The van der Waals surface area contributed by atoms with Gasteiger partial charge in [0.25, 0.3) is 5.69 Å². The zero-order valence-electron chi connectivity index (χ0n) is 9.11. The first-order valence-electron chi connectivity index (χ1n) is 5.20. The number of nitro groups is 1. The highest BCUT2D eigenvalue weighted by Gasteiger charge is 2.04. The van der Waals surface area contributed by atoms with E-state index in [1.54, 1.807) is 24.7 Å². The van der Waals surface area contributed by atoms with E-state index in [-0.39, 0.29) is 5.69 Å². The lowest BCUT2D eigenvalue weighted by molar-refractivity contribution is -0.384. The molecule has 0 aliphatic rings. The molecule has 6 heteroatoms. The molecule has 0 aliphatic heterocycles. The van der Waals surface area contributed by atoms with Crippen LogP contribution in [0, 0.1) is 10.1 Å². The molecule has 1 N–H and O–H groups in total. The van der Waals surface area contributed by atoms with Gasteiger partial charge in [0.1, 0.15) is 0 Å². The van der Waals surface area contributed by atoms with Gasteiger partial charge in [0, 0.05) is 43.3 Å². The lowest BCUT2D eigenvalue weighted by Gasteiger charge is -2.06. The van der Waals surface area contributed by atoms with Crippen LogP contribution in [0.25, 0.3) is 0 Å². The van der Waals surface area contributed by atoms with Crippen molar-refractivity contribution in [2.75, 3.05) is 11.9 Å². The average Bonchev–Trinajstić information content (AvgIpc) is 2.82. The standard InChI is InChI=1S/C11H12N4O2/c16-15(17)11-3-1-2-10(8-11)13-5-7-14-6-4-12-9-14/h1-4,6,8-9,13H,5,7H2. The number of rotatable bonds is 5. The van der Waals surface area contributed by atoms with Crippen LogP contribution in [0.2, 0.25) is 0 Å². The van der Waals surface area contributed by atoms with Crippen LogP contribution in [-0.4, -0.2) is 21.0 Å². The van der Waals surface area contributed by atoms with Crippen LogP contribution in [0.15, 0.2) is 43.0 Å². The van der Waals surface area contributed by atoms with Crippen LogP contribution in [0.5, 0.6) is 0 Å². The summed E-state index contributed by atoms with van der Waals surface area (Å²) in [5.74, 6) is 0. The Morgan fingerprint density at radius 2 is 2.35 bits per heavy atom. The number of aromatic nitrogens is 2. The fourth-order valence-electron chi connectivity index (χ4n) is 1.48. The molecule has 17 heavy (non-hydrogen) atoms. The Kier molecular flexibility index (Phi) is 3.34. The average molecular weight is 232 g/mol. The molecule has 6 nitrogen and oxygen atoms in total. The minimum atomic E-state index is -0.402. The van der Waals surface area contributed by atoms with Gasteiger partial charge in [-0.05, 0) is 6.07 Å². The van der Waals surface area contributed by atoms with Crippen LogP contribution >= 0.6 is 0 Å². The van der Waals surface area contributed by atoms with E-state index in [4.69, 9.17) is 0 Å². The SMILES string of the molecule is O=[N+]([O-])c1cccc(NCCn2ccnc2)c1. The maximum absolute atomic E-state index is 10.6. The van der Waals surface area contributed by atoms with Crippen molar-refractivity contribution in [3.63, 3.8) is 0 Å². The lowest BCUT2D eigenvalue weighted by Crippen LogP contribution is -2.09. The topological polar surface area (TPSA) is 73.0 Å². The zero-order chi connectivity index (χ0) is 12.1. The van der Waals surface area contributed by atoms with Crippen molar-refractivity contribution in [3.05, 3.63) is 53.1 Å². The molecule has 0 radical (unpaired) electrons. The summed E-state index contributed by atoms with van der Waals surface area (Å²) in [5, 5.41) is 13.7. The van der Waals surface area contributed by atoms with E-state index in [2.05, 4.69) is 10.3 Å². The predicted octanol–water partition coefficient (Wildman–Crippen LogP) is 1.90. The quantitative estimate of drug-likeness (QED) is 0.631. The highest BCUT2D eigenvalue weighted by Crippen LogP contribution is 2.16. The van der Waals surface area contributed by atoms with Gasteiger partial charge in [-0.1, -0.05) is 6.07 Å². The molecule has 1 aromatic carbocycles. The minimum absolute atomic E-state index is 0.0950. The lowest BCUT2D eigenvalue weighted by atomic mass is 10.3. The summed E-state index contributed by atoms with van der Waals surface area (Å²) in [5.41, 5.74) is 0.844. The molecule has 88 valence electrons. The van der Waals surface area contributed by atoms with E-state index < -0.39 is 4.92 Å². The molecule has 0 saturated heterocycles. The largest absolute Gasteiger partial charge is 0.383 e. The van der Waals surface area contributed by atoms with E-state index >= 15 is 0 Å². The Labute approximate surface area is 98.1 Å². The summed E-state index contributed by atoms with van der Waals surface area (Å²) in [6, 6.07) is 6.47. The molecule has 2 aromatic rings. The van der Waals surface area contributed by atoms with E-state index in [1.807, 2.05) is 10.8 Å². The van der Waals surface area contributed by atoms with Crippen molar-refractivity contribution in [2.45, 2.75) is 6.54 Å². The fourth-order valence-corrected chi connectivity index (χ4v) is 1.48. The maximum Gasteiger partial charge on any atom is 0.271 e. The molecule has 1 aromatic heterocycles. The first-order chi connectivity index (χ1) is 8.25. The van der Waals surface area contributed by atoms with Crippen molar-refractivity contribution in [2.24, 2.45) is 0 Å². The molecule has 0 aliphatic carbocycles. The number of benzene rings is 1. The number of imidazole rings is 1. The maximum atomic E-state index is 10.6. The van der Waals surface area contributed by atoms with Gasteiger partial charge in [-0.15, -0.1) is 0 Å². The second-order valence-corrected chi connectivity index (χ2v) is 3.53. The van der Waals surface area contributed by atoms with Crippen LogP contribution in [0.4, 0.5) is 11.4 Å². The molecule has 0 fully saturated rings. The van der Waals surface area contributed by atoms with E-state index in [0.717, 1.165) is 12.2 Å². The van der Waals surface area contributed by atoms with Gasteiger partial charge in [0.2, 0.25) is 0 Å². The third-order valence-corrected chi connectivity index (χ3v) is 2.32. The van der Waals surface area contributed by atoms with Gasteiger partial charge >= 0.3 is 0 Å². The third kappa shape index (κ3) is 3.04. The first-order valence-corrected chi connectivity index (χ1v) is 5.20. The zero-order valence-corrected chi connectivity index (χ0v) is 9.11. The van der Waals surface area contributed by atoms with Crippen LogP contribution in [0.3, 0.4) is 0 Å². The van der Waals surface area contributed by atoms with Crippen molar-refractivity contribution < 1.29 is 4.92 Å². The molecule has 0 unspecified atom stereocenters. The van der Waals surface area contributed by atoms with E-state index in [9.17, 15) is 10.1 Å². The summed E-state index contributed by atoms with van der Waals surface area (Å²) >= 11 is 0. The Morgan fingerprint density at radius 1 is 1.47 bits per heavy atom. The number of hydrogen-bond acceptors (Lipinski definition) is 4. The van der Waals surface area contributed by atoms with Crippen molar-refractivity contribution in [3.8, 4) is 0 Å². The Bertz CT molecular complexity index is 496. The summed E-state index contributed by atoms with van der Waals surface area (Å²) in [6.45, 7) is 1.46. The number of anilines is 1. The molecular formula is C11H12N4O2. The van der Waals surface area contributed by atoms with Crippen molar-refractivity contribution >= 4 is 11.4 Å².